The van der Waals surface area contributed by atoms with Gasteiger partial charge in [0.15, 0.2) is 5.78 Å². The molecule has 0 amide bonds. The second-order valence-corrected chi connectivity index (χ2v) is 12.4. The van der Waals surface area contributed by atoms with Crippen molar-refractivity contribution < 1.29 is 18.8 Å². The molecule has 32 heavy (non-hydrogen) atoms. The lowest BCUT2D eigenvalue weighted by Gasteiger charge is -2.29. The molecule has 0 aliphatic carbocycles. The van der Waals surface area contributed by atoms with Crippen LogP contribution in [0.5, 0.6) is 0 Å². The fraction of sp³-hybridized carbons (Fsp3) is 0.407. The van der Waals surface area contributed by atoms with Gasteiger partial charge in [0.1, 0.15) is 5.92 Å². The highest BCUT2D eigenvalue weighted by Crippen LogP contribution is 2.24. The molecule has 2 atom stereocenters. The minimum absolute atomic E-state index is 0.133. The molecule has 0 saturated heterocycles. The van der Waals surface area contributed by atoms with E-state index in [2.05, 4.69) is 32.6 Å². The van der Waals surface area contributed by atoms with Gasteiger partial charge in [-0.3, -0.25) is 9.59 Å². The molecule has 0 saturated carbocycles. The molecule has 4 nitrogen and oxygen atoms in total. The molecule has 0 bridgehead atoms. The lowest BCUT2D eigenvalue weighted by molar-refractivity contribution is -0.154. The monoisotopic (exact) mass is 452 g/mol. The Morgan fingerprint density at radius 3 is 2.09 bits per heavy atom. The van der Waals surface area contributed by atoms with Crippen molar-refractivity contribution in [3.05, 3.63) is 72.4 Å². The second-order valence-electron chi connectivity index (χ2n) is 8.20. The first-order valence-corrected chi connectivity index (χ1v) is 13.9. The van der Waals surface area contributed by atoms with Crippen molar-refractivity contribution in [2.45, 2.75) is 46.2 Å². The van der Waals surface area contributed by atoms with Gasteiger partial charge in [0.2, 0.25) is 8.32 Å². The van der Waals surface area contributed by atoms with Crippen LogP contribution in [0.2, 0.25) is 12.1 Å². The standard InChI is InChI=1S/C27H36O4Si/c1-6-30-27(29)26(21(5)20-31-32(7-2,8-3)9-4)25(28)19-22-15-17-24(18-16-22)23-13-11-10-12-14-23/h7,10-18,21,26H,2,6,8-9,19-20H2,1,3-5H3/t21-,26?/m0/s1. The van der Waals surface area contributed by atoms with E-state index in [1.54, 1.807) is 6.92 Å². The van der Waals surface area contributed by atoms with Crippen LogP contribution < -0.4 is 0 Å². The van der Waals surface area contributed by atoms with Crippen LogP contribution in [0.1, 0.15) is 33.3 Å². The third-order valence-electron chi connectivity index (χ3n) is 6.10. The van der Waals surface area contributed by atoms with Crippen molar-refractivity contribution in [2.75, 3.05) is 13.2 Å². The molecule has 172 valence electrons. The maximum Gasteiger partial charge on any atom is 0.316 e. The summed E-state index contributed by atoms with van der Waals surface area (Å²) in [7, 11) is -2.03. The van der Waals surface area contributed by atoms with E-state index in [0.29, 0.717) is 6.61 Å². The van der Waals surface area contributed by atoms with Gasteiger partial charge in [-0.25, -0.2) is 0 Å². The van der Waals surface area contributed by atoms with Crippen LogP contribution in [0.3, 0.4) is 0 Å². The first-order chi connectivity index (χ1) is 15.4. The SMILES string of the molecule is C=C[Si](CC)(CC)OC[C@H](C)C(C(=O)Cc1ccc(-c2ccccc2)cc1)C(=O)OCC. The molecule has 2 aromatic rings. The Bertz CT molecular complexity index is 872. The Hall–Kier alpha value is -2.50. The number of hydrogen-bond donors (Lipinski definition) is 0. The maximum atomic E-state index is 13.2. The van der Waals surface area contributed by atoms with Crippen molar-refractivity contribution in [3.8, 4) is 11.1 Å². The number of ether oxygens (including phenoxy) is 1. The maximum absolute atomic E-state index is 13.2. The summed E-state index contributed by atoms with van der Waals surface area (Å²) in [6, 6.07) is 19.9. The summed E-state index contributed by atoms with van der Waals surface area (Å²) in [5, 5.41) is 0. The highest BCUT2D eigenvalue weighted by Gasteiger charge is 2.35. The summed E-state index contributed by atoms with van der Waals surface area (Å²) < 4.78 is 11.5. The Balaban J connectivity index is 2.13. The molecule has 2 aromatic carbocycles. The average Bonchev–Trinajstić information content (AvgIpc) is 2.82. The van der Waals surface area contributed by atoms with E-state index in [1.165, 1.54) is 0 Å². The summed E-state index contributed by atoms with van der Waals surface area (Å²) in [5.41, 5.74) is 5.06. The topological polar surface area (TPSA) is 52.6 Å². The smallest absolute Gasteiger partial charge is 0.316 e. The number of rotatable bonds is 13. The van der Waals surface area contributed by atoms with Crippen molar-refractivity contribution in [3.63, 3.8) is 0 Å². The minimum atomic E-state index is -2.03. The van der Waals surface area contributed by atoms with Gasteiger partial charge in [-0.05, 0) is 41.6 Å². The number of ketones is 1. The van der Waals surface area contributed by atoms with Crippen molar-refractivity contribution in [2.24, 2.45) is 11.8 Å². The zero-order valence-electron chi connectivity index (χ0n) is 19.8. The quantitative estimate of drug-likeness (QED) is 0.212. The first-order valence-electron chi connectivity index (χ1n) is 11.5. The third-order valence-corrected chi connectivity index (χ3v) is 9.98. The van der Waals surface area contributed by atoms with E-state index >= 15 is 0 Å². The summed E-state index contributed by atoms with van der Waals surface area (Å²) in [4.78, 5) is 25.9. The predicted molar refractivity (Wildman–Crippen MR) is 133 cm³/mol. The van der Waals surface area contributed by atoms with Gasteiger partial charge in [-0.1, -0.05) is 81.1 Å². The molecule has 1 unspecified atom stereocenters. The number of Topliss-reactive ketones (excluding diaryl/α,β-unsaturated/α-hetero) is 1. The Morgan fingerprint density at radius 2 is 1.56 bits per heavy atom. The number of esters is 1. The fourth-order valence-electron chi connectivity index (χ4n) is 3.87. The summed E-state index contributed by atoms with van der Waals surface area (Å²) in [6.45, 7) is 12.4. The number of hydrogen-bond acceptors (Lipinski definition) is 4. The molecule has 5 heteroatoms. The van der Waals surface area contributed by atoms with Crippen LogP contribution in [-0.4, -0.2) is 33.3 Å². The molecular formula is C27H36O4Si. The summed E-state index contributed by atoms with van der Waals surface area (Å²) in [5.74, 6) is -1.71. The molecule has 0 spiro atoms. The Kier molecular flexibility index (Phi) is 10.1. The van der Waals surface area contributed by atoms with Gasteiger partial charge >= 0.3 is 5.97 Å². The van der Waals surface area contributed by atoms with E-state index in [9.17, 15) is 9.59 Å². The van der Waals surface area contributed by atoms with Gasteiger partial charge in [0, 0.05) is 13.0 Å². The van der Waals surface area contributed by atoms with E-state index in [-0.39, 0.29) is 24.7 Å². The molecule has 0 aromatic heterocycles. The van der Waals surface area contributed by atoms with E-state index in [4.69, 9.17) is 9.16 Å². The van der Waals surface area contributed by atoms with Gasteiger partial charge in [-0.15, -0.1) is 6.58 Å². The zero-order chi connectivity index (χ0) is 23.6. The van der Waals surface area contributed by atoms with Crippen LogP contribution in [0.25, 0.3) is 11.1 Å². The molecule has 0 N–H and O–H groups in total. The van der Waals surface area contributed by atoms with Crippen LogP contribution in [0, 0.1) is 11.8 Å². The summed E-state index contributed by atoms with van der Waals surface area (Å²) >= 11 is 0. The van der Waals surface area contributed by atoms with E-state index in [1.807, 2.05) is 55.1 Å². The van der Waals surface area contributed by atoms with Crippen LogP contribution >= 0.6 is 0 Å². The van der Waals surface area contributed by atoms with Gasteiger partial charge in [0.25, 0.3) is 0 Å². The Morgan fingerprint density at radius 1 is 0.969 bits per heavy atom. The molecule has 0 aliphatic rings. The van der Waals surface area contributed by atoms with E-state index in [0.717, 1.165) is 28.8 Å². The largest absolute Gasteiger partial charge is 0.465 e. The molecular weight excluding hydrogens is 416 g/mol. The van der Waals surface area contributed by atoms with Crippen molar-refractivity contribution in [1.82, 2.24) is 0 Å². The lowest BCUT2D eigenvalue weighted by Crippen LogP contribution is -2.40. The zero-order valence-corrected chi connectivity index (χ0v) is 20.8. The normalized spacial score (nSPS) is 13.2. The first kappa shape index (κ1) is 25.8. The highest BCUT2D eigenvalue weighted by molar-refractivity contribution is 6.78. The molecule has 0 heterocycles. The third kappa shape index (κ3) is 6.75. The van der Waals surface area contributed by atoms with Gasteiger partial charge in [0.05, 0.1) is 6.61 Å². The molecule has 0 aliphatic heterocycles. The van der Waals surface area contributed by atoms with Crippen molar-refractivity contribution >= 4 is 20.1 Å². The average molecular weight is 453 g/mol. The molecule has 0 fully saturated rings. The van der Waals surface area contributed by atoms with Crippen LogP contribution in [0.4, 0.5) is 0 Å². The van der Waals surface area contributed by atoms with Crippen LogP contribution in [-0.2, 0) is 25.2 Å². The number of carbonyl (C=O) groups is 2. The van der Waals surface area contributed by atoms with E-state index < -0.39 is 20.2 Å². The fourth-order valence-corrected chi connectivity index (χ4v) is 6.06. The number of carbonyl (C=O) groups excluding carboxylic acids is 2. The van der Waals surface area contributed by atoms with Gasteiger partial charge in [-0.2, -0.15) is 0 Å². The summed E-state index contributed by atoms with van der Waals surface area (Å²) in [6.07, 6.45) is 0.189. The molecule has 2 rings (SSSR count). The van der Waals surface area contributed by atoms with Crippen LogP contribution in [0.15, 0.2) is 66.9 Å². The second kappa shape index (κ2) is 12.5. The predicted octanol–water partition coefficient (Wildman–Crippen LogP) is 6.01. The van der Waals surface area contributed by atoms with Crippen molar-refractivity contribution in [1.29, 1.82) is 0 Å². The highest BCUT2D eigenvalue weighted by atomic mass is 28.4. The molecule has 0 radical (unpaired) electrons. The minimum Gasteiger partial charge on any atom is -0.465 e. The lowest BCUT2D eigenvalue weighted by atomic mass is 9.87. The van der Waals surface area contributed by atoms with Gasteiger partial charge < -0.3 is 9.16 Å². The Labute approximate surface area is 193 Å². The number of benzene rings is 2.